The van der Waals surface area contributed by atoms with Crippen molar-refractivity contribution >= 4 is 22.1 Å². The first-order valence-electron chi connectivity index (χ1n) is 7.06. The Balaban J connectivity index is 1.59. The third-order valence-corrected chi connectivity index (χ3v) is 4.70. The Kier molecular flexibility index (Phi) is 3.09. The van der Waals surface area contributed by atoms with Crippen LogP contribution >= 0.6 is 11.3 Å². The maximum Gasteiger partial charge on any atom is 0.193 e. The summed E-state index contributed by atoms with van der Waals surface area (Å²) in [5, 5.41) is 5.33. The van der Waals surface area contributed by atoms with E-state index in [4.69, 9.17) is 0 Å². The zero-order valence-electron chi connectivity index (χ0n) is 11.5. The Labute approximate surface area is 126 Å². The predicted molar refractivity (Wildman–Crippen MR) is 82.7 cm³/mol. The van der Waals surface area contributed by atoms with Crippen LogP contribution in [0.5, 0.6) is 0 Å². The molecule has 5 heteroatoms. The molecule has 0 spiro atoms. The fourth-order valence-electron chi connectivity index (χ4n) is 2.93. The Morgan fingerprint density at radius 1 is 1.43 bits per heavy atom. The van der Waals surface area contributed by atoms with Crippen molar-refractivity contribution < 1.29 is 4.79 Å². The van der Waals surface area contributed by atoms with Gasteiger partial charge in [-0.05, 0) is 17.5 Å². The Hall–Kier alpha value is -1.98. The number of nitrogens with one attached hydrogen (secondary N) is 1. The zero-order chi connectivity index (χ0) is 14.2. The summed E-state index contributed by atoms with van der Waals surface area (Å²) in [5.41, 5.74) is 3.24. The Morgan fingerprint density at radius 3 is 3.24 bits per heavy atom. The molecular weight excluding hydrogens is 282 g/mol. The summed E-state index contributed by atoms with van der Waals surface area (Å²) in [6.07, 6.45) is 5.27. The number of carbonyl (C=O) groups is 1. The van der Waals surface area contributed by atoms with E-state index in [9.17, 15) is 4.79 Å². The molecule has 1 aliphatic rings. The fourth-order valence-corrected chi connectivity index (χ4v) is 3.65. The molecule has 3 aromatic rings. The first kappa shape index (κ1) is 12.7. The molecule has 1 N–H and O–H groups in total. The van der Waals surface area contributed by atoms with Crippen LogP contribution < -0.4 is 5.32 Å². The summed E-state index contributed by atoms with van der Waals surface area (Å²) in [7, 11) is 0. The van der Waals surface area contributed by atoms with Gasteiger partial charge in [-0.25, -0.2) is 4.98 Å². The molecule has 1 unspecified atom stereocenters. The minimum absolute atomic E-state index is 0.188. The highest BCUT2D eigenvalue weighted by molar-refractivity contribution is 7.15. The van der Waals surface area contributed by atoms with Crippen molar-refractivity contribution in [3.63, 3.8) is 0 Å². The molecule has 0 saturated carbocycles. The third-order valence-electron chi connectivity index (χ3n) is 3.93. The summed E-state index contributed by atoms with van der Waals surface area (Å²) in [4.78, 5) is 18.1. The summed E-state index contributed by atoms with van der Waals surface area (Å²) in [6.45, 7) is 0.853. The predicted octanol–water partition coefficient (Wildman–Crippen LogP) is 2.39. The van der Waals surface area contributed by atoms with Crippen LogP contribution in [0.3, 0.4) is 0 Å². The molecule has 21 heavy (non-hydrogen) atoms. The molecule has 1 aliphatic heterocycles. The van der Waals surface area contributed by atoms with Crippen molar-refractivity contribution in [2.24, 2.45) is 0 Å². The van der Waals surface area contributed by atoms with Crippen LogP contribution in [0.1, 0.15) is 22.9 Å². The van der Waals surface area contributed by atoms with Gasteiger partial charge in [-0.3, -0.25) is 9.20 Å². The van der Waals surface area contributed by atoms with Gasteiger partial charge < -0.3 is 5.32 Å². The number of hydrogen-bond acceptors (Lipinski definition) is 4. The SMILES string of the molecule is O=C(Cc1cn2ccsc2n1)C1NCCc2ccccc21. The monoisotopic (exact) mass is 297 g/mol. The number of fused-ring (bicyclic) bond motifs is 2. The lowest BCUT2D eigenvalue weighted by Crippen LogP contribution is -2.35. The van der Waals surface area contributed by atoms with Gasteiger partial charge in [-0.2, -0.15) is 0 Å². The summed E-state index contributed by atoms with van der Waals surface area (Å²) < 4.78 is 1.97. The quantitative estimate of drug-likeness (QED) is 0.807. The van der Waals surface area contributed by atoms with Gasteiger partial charge in [0.1, 0.15) is 0 Å². The topological polar surface area (TPSA) is 46.4 Å². The maximum atomic E-state index is 12.6. The molecule has 0 saturated heterocycles. The molecule has 2 aromatic heterocycles. The zero-order valence-corrected chi connectivity index (χ0v) is 12.3. The first-order valence-corrected chi connectivity index (χ1v) is 7.94. The average molecular weight is 297 g/mol. The molecule has 0 radical (unpaired) electrons. The van der Waals surface area contributed by atoms with Crippen LogP contribution in [0.15, 0.2) is 42.0 Å². The molecule has 1 aromatic carbocycles. The standard InChI is InChI=1S/C16H15N3OS/c20-14(9-12-10-19-7-8-21-16(19)18-12)15-13-4-2-1-3-11(13)5-6-17-15/h1-4,7-8,10,15,17H,5-6,9H2. The number of thiazole rings is 1. The highest BCUT2D eigenvalue weighted by Gasteiger charge is 2.26. The van der Waals surface area contributed by atoms with Crippen LogP contribution in [0.25, 0.3) is 4.96 Å². The first-order chi connectivity index (χ1) is 10.3. The second-order valence-electron chi connectivity index (χ2n) is 5.30. The van der Waals surface area contributed by atoms with Gasteiger partial charge >= 0.3 is 0 Å². The normalized spacial score (nSPS) is 17.8. The van der Waals surface area contributed by atoms with Gasteiger partial charge in [0.05, 0.1) is 18.2 Å². The molecule has 1 atom stereocenters. The number of carbonyl (C=O) groups excluding carboxylic acids is 1. The average Bonchev–Trinajstić information content (AvgIpc) is 3.07. The van der Waals surface area contributed by atoms with Crippen LogP contribution in [-0.4, -0.2) is 21.7 Å². The fraction of sp³-hybridized carbons (Fsp3) is 0.250. The van der Waals surface area contributed by atoms with E-state index < -0.39 is 0 Å². The number of imidazole rings is 1. The largest absolute Gasteiger partial charge is 0.303 e. The van der Waals surface area contributed by atoms with E-state index in [0.29, 0.717) is 6.42 Å². The minimum Gasteiger partial charge on any atom is -0.303 e. The van der Waals surface area contributed by atoms with Crippen LogP contribution in [0.2, 0.25) is 0 Å². The molecule has 4 rings (SSSR count). The number of benzene rings is 1. The lowest BCUT2D eigenvalue weighted by atomic mass is 9.90. The molecule has 0 aliphatic carbocycles. The molecule has 0 amide bonds. The van der Waals surface area contributed by atoms with Crippen LogP contribution in [0, 0.1) is 0 Å². The Bertz CT molecular complexity index is 776. The molecular formula is C16H15N3OS. The van der Waals surface area contributed by atoms with Crippen molar-refractivity contribution in [1.82, 2.24) is 14.7 Å². The smallest absolute Gasteiger partial charge is 0.193 e. The lowest BCUT2D eigenvalue weighted by molar-refractivity contribution is -0.120. The van der Waals surface area contributed by atoms with Crippen molar-refractivity contribution in [3.8, 4) is 0 Å². The second-order valence-corrected chi connectivity index (χ2v) is 6.18. The highest BCUT2D eigenvalue weighted by atomic mass is 32.1. The summed E-state index contributed by atoms with van der Waals surface area (Å²) in [6, 6.07) is 8.00. The molecule has 3 heterocycles. The van der Waals surface area contributed by atoms with Gasteiger partial charge in [0.25, 0.3) is 0 Å². The van der Waals surface area contributed by atoms with Crippen LogP contribution in [0.4, 0.5) is 0 Å². The van der Waals surface area contributed by atoms with E-state index in [1.165, 1.54) is 5.56 Å². The van der Waals surface area contributed by atoms with Gasteiger partial charge in [0, 0.05) is 24.3 Å². The van der Waals surface area contributed by atoms with Gasteiger partial charge in [0.15, 0.2) is 10.7 Å². The van der Waals surface area contributed by atoms with E-state index in [2.05, 4.69) is 22.4 Å². The number of Topliss-reactive ketones (excluding diaryl/α,β-unsaturated/α-hetero) is 1. The molecule has 0 bridgehead atoms. The molecule has 0 fully saturated rings. The van der Waals surface area contributed by atoms with Gasteiger partial charge in [0.2, 0.25) is 0 Å². The van der Waals surface area contributed by atoms with Crippen molar-refractivity contribution in [2.75, 3.05) is 6.54 Å². The van der Waals surface area contributed by atoms with Crippen molar-refractivity contribution in [2.45, 2.75) is 18.9 Å². The molecule has 4 nitrogen and oxygen atoms in total. The van der Waals surface area contributed by atoms with Gasteiger partial charge in [-0.15, -0.1) is 11.3 Å². The number of rotatable bonds is 3. The minimum atomic E-state index is -0.199. The number of aromatic nitrogens is 2. The second kappa shape index (κ2) is 5.09. The van der Waals surface area contributed by atoms with Crippen molar-refractivity contribution in [1.29, 1.82) is 0 Å². The van der Waals surface area contributed by atoms with Crippen LogP contribution in [-0.2, 0) is 17.6 Å². The van der Waals surface area contributed by atoms with E-state index >= 15 is 0 Å². The summed E-state index contributed by atoms with van der Waals surface area (Å²) >= 11 is 1.58. The lowest BCUT2D eigenvalue weighted by Gasteiger charge is -2.25. The maximum absolute atomic E-state index is 12.6. The number of nitrogens with zero attached hydrogens (tertiary/aromatic N) is 2. The highest BCUT2D eigenvalue weighted by Crippen LogP contribution is 2.24. The van der Waals surface area contributed by atoms with E-state index in [0.717, 1.165) is 29.2 Å². The number of hydrogen-bond donors (Lipinski definition) is 1. The van der Waals surface area contributed by atoms with Gasteiger partial charge in [-0.1, -0.05) is 24.3 Å². The molecule has 106 valence electrons. The number of ketones is 1. The van der Waals surface area contributed by atoms with E-state index in [1.807, 2.05) is 34.3 Å². The summed E-state index contributed by atoms with van der Waals surface area (Å²) in [5.74, 6) is 0.188. The Morgan fingerprint density at radius 2 is 2.33 bits per heavy atom. The van der Waals surface area contributed by atoms with Crippen molar-refractivity contribution in [3.05, 3.63) is 58.9 Å². The van der Waals surface area contributed by atoms with E-state index in [1.54, 1.807) is 11.3 Å². The third kappa shape index (κ3) is 2.28. The van der Waals surface area contributed by atoms with E-state index in [-0.39, 0.29) is 11.8 Å².